The van der Waals surface area contributed by atoms with Crippen LogP contribution < -0.4 is 15.4 Å². The minimum Gasteiger partial charge on any atom is -0.492 e. The van der Waals surface area contributed by atoms with E-state index in [1.165, 1.54) is 13.2 Å². The second kappa shape index (κ2) is 10.0. The fourth-order valence-electron chi connectivity index (χ4n) is 3.35. The highest BCUT2D eigenvalue weighted by Gasteiger charge is 2.17. The Morgan fingerprint density at radius 1 is 1.24 bits per heavy atom. The molecule has 2 aromatic rings. The highest BCUT2D eigenvalue weighted by Crippen LogP contribution is 2.18. The van der Waals surface area contributed by atoms with Gasteiger partial charge in [-0.25, -0.2) is 9.18 Å². The van der Waals surface area contributed by atoms with Crippen LogP contribution in [0.2, 0.25) is 0 Å². The molecule has 3 rings (SSSR count). The number of ether oxygens (including phenoxy) is 2. The van der Waals surface area contributed by atoms with Crippen LogP contribution in [-0.4, -0.2) is 45.2 Å². The summed E-state index contributed by atoms with van der Waals surface area (Å²) in [7, 11) is 1.31. The van der Waals surface area contributed by atoms with E-state index >= 15 is 0 Å². The van der Waals surface area contributed by atoms with Crippen LogP contribution >= 0.6 is 0 Å². The molecule has 6 nitrogen and oxygen atoms in total. The molecule has 154 valence electrons. The Kier molecular flexibility index (Phi) is 7.19. The number of nitrogens with one attached hydrogen (secondary N) is 2. The lowest BCUT2D eigenvalue weighted by molar-refractivity contribution is 0.0600. The molecule has 0 aliphatic carbocycles. The monoisotopic (exact) mass is 400 g/mol. The van der Waals surface area contributed by atoms with Crippen molar-refractivity contribution in [2.75, 3.05) is 33.4 Å². The molecule has 2 aromatic carbocycles. The third kappa shape index (κ3) is 5.77. The lowest BCUT2D eigenvalue weighted by atomic mass is 9.97. The molecule has 29 heavy (non-hydrogen) atoms. The zero-order valence-corrected chi connectivity index (χ0v) is 16.4. The Morgan fingerprint density at radius 2 is 2.10 bits per heavy atom. The van der Waals surface area contributed by atoms with Gasteiger partial charge in [0.25, 0.3) is 5.91 Å². The number of rotatable bonds is 8. The second-order valence-corrected chi connectivity index (χ2v) is 7.00. The van der Waals surface area contributed by atoms with E-state index in [0.717, 1.165) is 31.5 Å². The lowest BCUT2D eigenvalue weighted by Gasteiger charge is -2.12. The first-order valence-corrected chi connectivity index (χ1v) is 9.65. The molecule has 1 saturated heterocycles. The molecule has 2 N–H and O–H groups in total. The van der Waals surface area contributed by atoms with Crippen LogP contribution in [0.4, 0.5) is 4.39 Å². The molecule has 0 aromatic heterocycles. The minimum atomic E-state index is -0.539. The summed E-state index contributed by atoms with van der Waals surface area (Å²) in [5.41, 5.74) is 1.38. The van der Waals surface area contributed by atoms with Gasteiger partial charge in [0.1, 0.15) is 18.2 Å². The van der Waals surface area contributed by atoms with Crippen molar-refractivity contribution >= 4 is 11.9 Å². The number of methoxy groups -OCH3 is 1. The molecule has 1 aliphatic rings. The second-order valence-electron chi connectivity index (χ2n) is 7.00. The van der Waals surface area contributed by atoms with Gasteiger partial charge in [0, 0.05) is 0 Å². The predicted octanol–water partition coefficient (Wildman–Crippen LogP) is 2.57. The van der Waals surface area contributed by atoms with Gasteiger partial charge in [-0.05, 0) is 67.7 Å². The molecule has 1 atom stereocenters. The summed E-state index contributed by atoms with van der Waals surface area (Å²) in [6.07, 6.45) is 1.92. The molecular formula is C22H25FN2O4. The van der Waals surface area contributed by atoms with E-state index in [1.54, 1.807) is 36.4 Å². The SMILES string of the molecule is COC(=O)c1cccc(OCCNC(=O)c2cc(CC3CCNC3)ccc2F)c1. The van der Waals surface area contributed by atoms with E-state index in [9.17, 15) is 14.0 Å². The number of carbonyl (C=O) groups is 2. The maximum atomic E-state index is 14.1. The zero-order valence-electron chi connectivity index (χ0n) is 16.4. The summed E-state index contributed by atoms with van der Waals surface area (Å²) in [6.45, 7) is 2.35. The molecule has 0 spiro atoms. The van der Waals surface area contributed by atoms with Crippen LogP contribution in [0.5, 0.6) is 5.75 Å². The van der Waals surface area contributed by atoms with Gasteiger partial charge in [0.05, 0.1) is 24.8 Å². The molecule has 0 saturated carbocycles. The first kappa shape index (κ1) is 20.8. The van der Waals surface area contributed by atoms with Crippen LogP contribution in [0.15, 0.2) is 42.5 Å². The first-order valence-electron chi connectivity index (χ1n) is 9.65. The van der Waals surface area contributed by atoms with Gasteiger partial charge >= 0.3 is 5.97 Å². The average molecular weight is 400 g/mol. The molecule has 7 heteroatoms. The number of esters is 1. The number of carbonyl (C=O) groups excluding carboxylic acids is 2. The highest BCUT2D eigenvalue weighted by atomic mass is 19.1. The Hall–Kier alpha value is -2.93. The van der Waals surface area contributed by atoms with E-state index in [4.69, 9.17) is 4.74 Å². The fraction of sp³-hybridized carbons (Fsp3) is 0.364. The smallest absolute Gasteiger partial charge is 0.337 e. The van der Waals surface area contributed by atoms with Gasteiger partial charge in [-0.2, -0.15) is 0 Å². The van der Waals surface area contributed by atoms with Gasteiger partial charge in [-0.1, -0.05) is 12.1 Å². The molecule has 1 unspecified atom stereocenters. The van der Waals surface area contributed by atoms with Crippen molar-refractivity contribution in [2.45, 2.75) is 12.8 Å². The van der Waals surface area contributed by atoms with Gasteiger partial charge < -0.3 is 20.1 Å². The van der Waals surface area contributed by atoms with E-state index in [-0.39, 0.29) is 18.7 Å². The maximum Gasteiger partial charge on any atom is 0.337 e. The number of hydrogen-bond donors (Lipinski definition) is 2. The molecule has 0 bridgehead atoms. The standard InChI is InChI=1S/C22H25FN2O4/c1-28-22(27)17-3-2-4-18(13-17)29-10-9-25-21(26)19-12-15(5-6-20(19)23)11-16-7-8-24-14-16/h2-6,12-13,16,24H,7-11,14H2,1H3,(H,25,26). The topological polar surface area (TPSA) is 76.7 Å². The van der Waals surface area contributed by atoms with Crippen molar-refractivity contribution in [3.8, 4) is 5.75 Å². The van der Waals surface area contributed by atoms with Crippen LogP contribution in [0.25, 0.3) is 0 Å². The number of halogens is 1. The third-order valence-electron chi connectivity index (χ3n) is 4.87. The van der Waals surface area contributed by atoms with Crippen molar-refractivity contribution < 1.29 is 23.5 Å². The molecule has 1 aliphatic heterocycles. The number of hydrogen-bond acceptors (Lipinski definition) is 5. The van der Waals surface area contributed by atoms with Crippen LogP contribution in [-0.2, 0) is 11.2 Å². The quantitative estimate of drug-likeness (QED) is 0.526. The molecular weight excluding hydrogens is 375 g/mol. The normalized spacial score (nSPS) is 15.7. The Labute approximate surface area is 169 Å². The lowest BCUT2D eigenvalue weighted by Crippen LogP contribution is -2.29. The summed E-state index contributed by atoms with van der Waals surface area (Å²) in [6, 6.07) is 11.3. The zero-order chi connectivity index (χ0) is 20.6. The summed E-state index contributed by atoms with van der Waals surface area (Å²) < 4.78 is 24.3. The van der Waals surface area contributed by atoms with Crippen molar-refractivity contribution in [2.24, 2.45) is 5.92 Å². The van der Waals surface area contributed by atoms with Crippen LogP contribution in [0.3, 0.4) is 0 Å². The van der Waals surface area contributed by atoms with Crippen LogP contribution in [0.1, 0.15) is 32.7 Å². The molecule has 1 fully saturated rings. The maximum absolute atomic E-state index is 14.1. The highest BCUT2D eigenvalue weighted by molar-refractivity contribution is 5.94. The number of amides is 1. The van der Waals surface area contributed by atoms with Gasteiger partial charge in [-0.3, -0.25) is 4.79 Å². The summed E-state index contributed by atoms with van der Waals surface area (Å²) in [4.78, 5) is 23.9. The predicted molar refractivity (Wildman–Crippen MR) is 107 cm³/mol. The summed E-state index contributed by atoms with van der Waals surface area (Å²) >= 11 is 0. The van der Waals surface area contributed by atoms with Crippen molar-refractivity contribution in [3.63, 3.8) is 0 Å². The van der Waals surface area contributed by atoms with Crippen molar-refractivity contribution in [3.05, 3.63) is 65.0 Å². The Morgan fingerprint density at radius 3 is 2.86 bits per heavy atom. The van der Waals surface area contributed by atoms with E-state index < -0.39 is 17.7 Å². The third-order valence-corrected chi connectivity index (χ3v) is 4.87. The Balaban J connectivity index is 1.51. The van der Waals surface area contributed by atoms with Gasteiger partial charge in [-0.15, -0.1) is 0 Å². The van der Waals surface area contributed by atoms with Crippen molar-refractivity contribution in [1.82, 2.24) is 10.6 Å². The van der Waals surface area contributed by atoms with Crippen LogP contribution in [0, 0.1) is 11.7 Å². The minimum absolute atomic E-state index is 0.0427. The van der Waals surface area contributed by atoms with E-state index in [2.05, 4.69) is 15.4 Å². The van der Waals surface area contributed by atoms with Gasteiger partial charge in [0.15, 0.2) is 0 Å². The molecule has 1 heterocycles. The Bertz CT molecular complexity index is 866. The van der Waals surface area contributed by atoms with Gasteiger partial charge in [0.2, 0.25) is 0 Å². The molecule has 0 radical (unpaired) electrons. The van der Waals surface area contributed by atoms with E-state index in [1.807, 2.05) is 0 Å². The van der Waals surface area contributed by atoms with E-state index in [0.29, 0.717) is 17.2 Å². The average Bonchev–Trinajstić information content (AvgIpc) is 3.25. The first-order chi connectivity index (χ1) is 14.1. The van der Waals surface area contributed by atoms with Crippen molar-refractivity contribution in [1.29, 1.82) is 0 Å². The molecule has 1 amide bonds. The summed E-state index contributed by atoms with van der Waals surface area (Å²) in [5, 5.41) is 5.98. The number of benzene rings is 2. The fourth-order valence-corrected chi connectivity index (χ4v) is 3.35. The summed E-state index contributed by atoms with van der Waals surface area (Å²) in [5.74, 6) is -0.457. The largest absolute Gasteiger partial charge is 0.492 e.